The first-order chi connectivity index (χ1) is 10.1. The molecule has 0 saturated heterocycles. The fraction of sp³-hybridized carbons (Fsp3) is 0.133. The van der Waals surface area contributed by atoms with E-state index in [0.29, 0.717) is 12.1 Å². The molecule has 0 spiro atoms. The molecule has 1 amide bonds. The van der Waals surface area contributed by atoms with Crippen molar-refractivity contribution in [3.8, 4) is 5.75 Å². The second kappa shape index (κ2) is 6.51. The van der Waals surface area contributed by atoms with Crippen molar-refractivity contribution < 1.29 is 14.5 Å². The van der Waals surface area contributed by atoms with Gasteiger partial charge in [-0.1, -0.05) is 12.1 Å². The van der Waals surface area contributed by atoms with E-state index >= 15 is 0 Å². The lowest BCUT2D eigenvalue weighted by molar-refractivity contribution is -0.384. The van der Waals surface area contributed by atoms with Crippen molar-refractivity contribution in [2.24, 2.45) is 0 Å². The minimum absolute atomic E-state index is 0.0401. The number of carbonyl (C=O) groups is 1. The van der Waals surface area contributed by atoms with Gasteiger partial charge in [0.05, 0.1) is 12.0 Å². The number of methoxy groups -OCH3 is 1. The summed E-state index contributed by atoms with van der Waals surface area (Å²) >= 11 is 0. The van der Waals surface area contributed by atoms with Crippen LogP contribution in [0.4, 0.5) is 5.69 Å². The first kappa shape index (κ1) is 14.5. The minimum Gasteiger partial charge on any atom is -0.497 e. The van der Waals surface area contributed by atoms with Gasteiger partial charge in [-0.05, 0) is 29.8 Å². The Bertz CT molecular complexity index is 636. The number of carbonyl (C=O) groups excluding carboxylic acids is 1. The van der Waals surface area contributed by atoms with E-state index in [1.165, 1.54) is 24.3 Å². The molecule has 0 radical (unpaired) electrons. The lowest BCUT2D eigenvalue weighted by Gasteiger charge is -2.06. The van der Waals surface area contributed by atoms with Crippen molar-refractivity contribution in [3.63, 3.8) is 0 Å². The number of rotatable bonds is 5. The minimum atomic E-state index is -0.501. The molecule has 0 bridgehead atoms. The highest BCUT2D eigenvalue weighted by Gasteiger charge is 2.09. The highest BCUT2D eigenvalue weighted by molar-refractivity contribution is 5.94. The van der Waals surface area contributed by atoms with Gasteiger partial charge in [0.25, 0.3) is 11.6 Å². The molecular weight excluding hydrogens is 272 g/mol. The van der Waals surface area contributed by atoms with E-state index in [1.807, 2.05) is 24.3 Å². The summed E-state index contributed by atoms with van der Waals surface area (Å²) in [6.07, 6.45) is 0. The zero-order valence-corrected chi connectivity index (χ0v) is 11.4. The van der Waals surface area contributed by atoms with Crippen LogP contribution in [0, 0.1) is 10.1 Å². The fourth-order valence-electron chi connectivity index (χ4n) is 1.76. The van der Waals surface area contributed by atoms with Crippen LogP contribution < -0.4 is 10.1 Å². The van der Waals surface area contributed by atoms with Crippen LogP contribution in [0.25, 0.3) is 0 Å². The molecule has 0 unspecified atom stereocenters. The van der Waals surface area contributed by atoms with Gasteiger partial charge in [-0.3, -0.25) is 14.9 Å². The summed E-state index contributed by atoms with van der Waals surface area (Å²) in [5.41, 5.74) is 1.28. The Hall–Kier alpha value is -2.89. The van der Waals surface area contributed by atoms with Crippen LogP contribution in [-0.4, -0.2) is 17.9 Å². The Morgan fingerprint density at radius 2 is 1.76 bits per heavy atom. The van der Waals surface area contributed by atoms with Gasteiger partial charge in [0, 0.05) is 24.2 Å². The smallest absolute Gasteiger partial charge is 0.269 e. The molecule has 1 N–H and O–H groups in total. The van der Waals surface area contributed by atoms with Crippen LogP contribution in [0.5, 0.6) is 5.75 Å². The average molecular weight is 286 g/mol. The number of nitrogens with zero attached hydrogens (tertiary/aromatic N) is 1. The van der Waals surface area contributed by atoms with Gasteiger partial charge in [0.2, 0.25) is 0 Å². The molecule has 0 aliphatic rings. The number of nitro benzene ring substituents is 1. The monoisotopic (exact) mass is 286 g/mol. The summed E-state index contributed by atoms with van der Waals surface area (Å²) in [6.45, 7) is 0.375. The summed E-state index contributed by atoms with van der Waals surface area (Å²) < 4.78 is 5.05. The van der Waals surface area contributed by atoms with E-state index in [0.717, 1.165) is 11.3 Å². The average Bonchev–Trinajstić information content (AvgIpc) is 2.53. The Balaban J connectivity index is 1.95. The number of amides is 1. The zero-order chi connectivity index (χ0) is 15.2. The van der Waals surface area contributed by atoms with Gasteiger partial charge < -0.3 is 10.1 Å². The van der Waals surface area contributed by atoms with Crippen LogP contribution in [-0.2, 0) is 6.54 Å². The van der Waals surface area contributed by atoms with Gasteiger partial charge >= 0.3 is 0 Å². The number of hydrogen-bond acceptors (Lipinski definition) is 4. The van der Waals surface area contributed by atoms with E-state index in [4.69, 9.17) is 4.74 Å². The van der Waals surface area contributed by atoms with Gasteiger partial charge in [0.15, 0.2) is 0 Å². The molecule has 2 aromatic rings. The summed E-state index contributed by atoms with van der Waals surface area (Å²) in [7, 11) is 1.59. The molecule has 0 aliphatic carbocycles. The summed E-state index contributed by atoms with van der Waals surface area (Å²) in [6, 6.07) is 12.8. The standard InChI is InChI=1S/C15H14N2O4/c1-21-14-8-2-11(3-9-14)10-16-15(18)12-4-6-13(7-5-12)17(19)20/h2-9H,10H2,1H3,(H,16,18). The van der Waals surface area contributed by atoms with Crippen molar-refractivity contribution in [1.82, 2.24) is 5.32 Å². The van der Waals surface area contributed by atoms with Crippen LogP contribution in [0.2, 0.25) is 0 Å². The molecule has 108 valence electrons. The van der Waals surface area contributed by atoms with E-state index in [1.54, 1.807) is 7.11 Å². The van der Waals surface area contributed by atoms with Crippen molar-refractivity contribution in [2.45, 2.75) is 6.54 Å². The van der Waals surface area contributed by atoms with E-state index < -0.39 is 4.92 Å². The fourth-order valence-corrected chi connectivity index (χ4v) is 1.76. The van der Waals surface area contributed by atoms with Gasteiger partial charge in [-0.2, -0.15) is 0 Å². The molecule has 0 saturated carbocycles. The third-order valence-corrected chi connectivity index (χ3v) is 2.95. The van der Waals surface area contributed by atoms with E-state index in [-0.39, 0.29) is 11.6 Å². The molecule has 6 nitrogen and oxygen atoms in total. The van der Waals surface area contributed by atoms with E-state index in [2.05, 4.69) is 5.32 Å². The summed E-state index contributed by atoms with van der Waals surface area (Å²) in [5, 5.41) is 13.3. The largest absolute Gasteiger partial charge is 0.497 e. The summed E-state index contributed by atoms with van der Waals surface area (Å²) in [4.78, 5) is 22.0. The number of non-ortho nitro benzene ring substituents is 1. The Kier molecular flexibility index (Phi) is 4.50. The number of nitrogens with one attached hydrogen (secondary N) is 1. The number of hydrogen-bond donors (Lipinski definition) is 1. The molecule has 2 aromatic carbocycles. The van der Waals surface area contributed by atoms with Crippen LogP contribution in [0.3, 0.4) is 0 Å². The Labute approximate surface area is 121 Å². The lowest BCUT2D eigenvalue weighted by atomic mass is 10.1. The molecule has 6 heteroatoms. The van der Waals surface area contributed by atoms with Crippen molar-refractivity contribution in [2.75, 3.05) is 7.11 Å². The van der Waals surface area contributed by atoms with Crippen LogP contribution >= 0.6 is 0 Å². The topological polar surface area (TPSA) is 81.5 Å². The van der Waals surface area contributed by atoms with Crippen molar-refractivity contribution in [1.29, 1.82) is 0 Å². The quantitative estimate of drug-likeness (QED) is 0.676. The number of ether oxygens (including phenoxy) is 1. The maximum Gasteiger partial charge on any atom is 0.269 e. The lowest BCUT2D eigenvalue weighted by Crippen LogP contribution is -2.22. The first-order valence-electron chi connectivity index (χ1n) is 6.26. The molecular formula is C15H14N2O4. The molecule has 0 atom stereocenters. The number of benzene rings is 2. The predicted molar refractivity (Wildman–Crippen MR) is 77.3 cm³/mol. The van der Waals surface area contributed by atoms with Gasteiger partial charge in [0.1, 0.15) is 5.75 Å². The summed E-state index contributed by atoms with van der Waals surface area (Å²) in [5.74, 6) is 0.473. The highest BCUT2D eigenvalue weighted by atomic mass is 16.6. The van der Waals surface area contributed by atoms with Gasteiger partial charge in [-0.15, -0.1) is 0 Å². The van der Waals surface area contributed by atoms with E-state index in [9.17, 15) is 14.9 Å². The molecule has 21 heavy (non-hydrogen) atoms. The van der Waals surface area contributed by atoms with Crippen molar-refractivity contribution in [3.05, 3.63) is 69.8 Å². The van der Waals surface area contributed by atoms with Crippen LogP contribution in [0.1, 0.15) is 15.9 Å². The maximum absolute atomic E-state index is 11.9. The molecule has 2 rings (SSSR count). The van der Waals surface area contributed by atoms with Crippen molar-refractivity contribution >= 4 is 11.6 Å². The second-order valence-corrected chi connectivity index (χ2v) is 4.33. The van der Waals surface area contributed by atoms with Gasteiger partial charge in [-0.25, -0.2) is 0 Å². The number of nitro groups is 1. The Morgan fingerprint density at radius 1 is 1.14 bits per heavy atom. The van der Waals surface area contributed by atoms with Crippen LogP contribution in [0.15, 0.2) is 48.5 Å². The maximum atomic E-state index is 11.9. The normalized spacial score (nSPS) is 9.95. The second-order valence-electron chi connectivity index (χ2n) is 4.33. The third kappa shape index (κ3) is 3.79. The highest BCUT2D eigenvalue weighted by Crippen LogP contribution is 2.13. The first-order valence-corrected chi connectivity index (χ1v) is 6.26. The third-order valence-electron chi connectivity index (χ3n) is 2.95. The predicted octanol–water partition coefficient (Wildman–Crippen LogP) is 2.53. The molecule has 0 fully saturated rings. The molecule has 0 heterocycles. The molecule has 0 aliphatic heterocycles. The zero-order valence-electron chi connectivity index (χ0n) is 11.4. The molecule has 0 aromatic heterocycles. The Morgan fingerprint density at radius 3 is 2.29 bits per heavy atom. The SMILES string of the molecule is COc1ccc(CNC(=O)c2ccc([N+](=O)[O-])cc2)cc1.